The number of hydrogen-bond acceptors (Lipinski definition) is 6. The second-order valence-electron chi connectivity index (χ2n) is 4.91. The van der Waals surface area contributed by atoms with Crippen molar-refractivity contribution in [3.05, 3.63) is 17.8 Å². The number of nitrogens with zero attached hydrogens (tertiary/aromatic N) is 2. The van der Waals surface area contributed by atoms with E-state index in [2.05, 4.69) is 15.0 Å². The lowest BCUT2D eigenvalue weighted by molar-refractivity contribution is -0.129. The predicted molar refractivity (Wildman–Crippen MR) is 78.9 cm³/mol. The Morgan fingerprint density at radius 2 is 2.14 bits per heavy atom. The summed E-state index contributed by atoms with van der Waals surface area (Å²) >= 11 is 0. The Balaban J connectivity index is 1.88. The van der Waals surface area contributed by atoms with Crippen LogP contribution in [0.2, 0.25) is 0 Å². The van der Waals surface area contributed by atoms with Gasteiger partial charge in [-0.15, -0.1) is 0 Å². The topological polar surface area (TPSA) is 97.5 Å². The van der Waals surface area contributed by atoms with Gasteiger partial charge in [-0.2, -0.15) is 0 Å². The molecule has 1 amide bonds. The molecule has 0 saturated carbocycles. The molecule has 1 aliphatic rings. The Morgan fingerprint density at radius 3 is 2.81 bits per heavy atom. The van der Waals surface area contributed by atoms with E-state index in [9.17, 15) is 9.59 Å². The molecule has 2 rings (SSSR count). The van der Waals surface area contributed by atoms with E-state index in [1.54, 1.807) is 0 Å². The zero-order valence-corrected chi connectivity index (χ0v) is 12.1. The van der Waals surface area contributed by atoms with E-state index in [0.29, 0.717) is 18.8 Å². The minimum Gasteiger partial charge on any atom is -0.465 e. The number of aromatic nitrogens is 1. The van der Waals surface area contributed by atoms with Gasteiger partial charge in [0.25, 0.3) is 0 Å². The standard InChI is InChI=1S/C14H20N4O3/c1-21-14(20)10-8-12(17-9-11(10)15)16-5-4-13(19)18-6-2-3-7-18/h8-9H,2-7,15H2,1H3,(H,16,17). The maximum atomic E-state index is 11.9. The molecule has 0 atom stereocenters. The van der Waals surface area contributed by atoms with E-state index in [1.165, 1.54) is 19.4 Å². The molecule has 0 aromatic carbocycles. The summed E-state index contributed by atoms with van der Waals surface area (Å²) in [5.41, 5.74) is 6.20. The Bertz CT molecular complexity index is 527. The second kappa shape index (κ2) is 6.92. The summed E-state index contributed by atoms with van der Waals surface area (Å²) in [5.74, 6) is 0.133. The molecule has 1 aliphatic heterocycles. The van der Waals surface area contributed by atoms with Crippen LogP contribution in [-0.2, 0) is 9.53 Å². The molecule has 1 fully saturated rings. The Morgan fingerprint density at radius 1 is 1.43 bits per heavy atom. The van der Waals surface area contributed by atoms with Gasteiger partial charge in [0.1, 0.15) is 5.82 Å². The van der Waals surface area contributed by atoms with Crippen molar-refractivity contribution in [2.75, 3.05) is 37.8 Å². The lowest BCUT2D eigenvalue weighted by Gasteiger charge is -2.15. The van der Waals surface area contributed by atoms with Crippen molar-refractivity contribution in [2.45, 2.75) is 19.3 Å². The number of esters is 1. The fraction of sp³-hybridized carbons (Fsp3) is 0.500. The van der Waals surface area contributed by atoms with Crippen LogP contribution >= 0.6 is 0 Å². The molecular weight excluding hydrogens is 272 g/mol. The number of nitrogens with two attached hydrogens (primary N) is 1. The number of nitrogen functional groups attached to an aromatic ring is 1. The van der Waals surface area contributed by atoms with Crippen LogP contribution in [0, 0.1) is 0 Å². The van der Waals surface area contributed by atoms with Crippen molar-refractivity contribution in [2.24, 2.45) is 0 Å². The van der Waals surface area contributed by atoms with Crippen LogP contribution in [0.15, 0.2) is 12.3 Å². The minimum absolute atomic E-state index is 0.142. The van der Waals surface area contributed by atoms with E-state index >= 15 is 0 Å². The number of nitrogens with one attached hydrogen (secondary N) is 1. The van der Waals surface area contributed by atoms with Crippen LogP contribution < -0.4 is 11.1 Å². The maximum Gasteiger partial charge on any atom is 0.340 e. The highest BCUT2D eigenvalue weighted by molar-refractivity contribution is 5.95. The van der Waals surface area contributed by atoms with Crippen molar-refractivity contribution >= 4 is 23.4 Å². The Kier molecular flexibility index (Phi) is 4.97. The zero-order chi connectivity index (χ0) is 15.2. The molecule has 0 spiro atoms. The molecule has 21 heavy (non-hydrogen) atoms. The molecule has 0 radical (unpaired) electrons. The normalized spacial score (nSPS) is 14.0. The number of amides is 1. The summed E-state index contributed by atoms with van der Waals surface area (Å²) in [6.07, 6.45) is 3.97. The van der Waals surface area contributed by atoms with Crippen molar-refractivity contribution < 1.29 is 14.3 Å². The Hall–Kier alpha value is -2.31. The number of ether oxygens (including phenoxy) is 1. The molecule has 1 saturated heterocycles. The number of carbonyl (C=O) groups excluding carboxylic acids is 2. The average Bonchev–Trinajstić information content (AvgIpc) is 3.02. The van der Waals surface area contributed by atoms with Gasteiger partial charge in [0.15, 0.2) is 0 Å². The lowest BCUT2D eigenvalue weighted by atomic mass is 10.2. The largest absolute Gasteiger partial charge is 0.465 e. The highest BCUT2D eigenvalue weighted by atomic mass is 16.5. The quantitative estimate of drug-likeness (QED) is 0.782. The SMILES string of the molecule is COC(=O)c1cc(NCCC(=O)N2CCCC2)ncc1N. The third-order valence-electron chi connectivity index (χ3n) is 3.44. The number of carbonyl (C=O) groups is 2. The van der Waals surface area contributed by atoms with Gasteiger partial charge in [0.05, 0.1) is 24.6 Å². The molecule has 7 nitrogen and oxygen atoms in total. The summed E-state index contributed by atoms with van der Waals surface area (Å²) in [4.78, 5) is 29.4. The molecular formula is C14H20N4O3. The summed E-state index contributed by atoms with van der Waals surface area (Å²) in [7, 11) is 1.30. The highest BCUT2D eigenvalue weighted by Crippen LogP contribution is 2.16. The van der Waals surface area contributed by atoms with Gasteiger partial charge < -0.3 is 20.7 Å². The van der Waals surface area contributed by atoms with Crippen LogP contribution in [0.3, 0.4) is 0 Å². The number of pyridine rings is 1. The molecule has 3 N–H and O–H groups in total. The van der Waals surface area contributed by atoms with Crippen molar-refractivity contribution in [3.63, 3.8) is 0 Å². The van der Waals surface area contributed by atoms with E-state index in [-0.39, 0.29) is 17.2 Å². The molecule has 1 aromatic heterocycles. The predicted octanol–water partition coefficient (Wildman–Crippen LogP) is 0.875. The number of rotatable bonds is 5. The van der Waals surface area contributed by atoms with Crippen molar-refractivity contribution in [1.29, 1.82) is 0 Å². The van der Waals surface area contributed by atoms with E-state index in [1.807, 2.05) is 4.90 Å². The third kappa shape index (κ3) is 3.84. The van der Waals surface area contributed by atoms with Gasteiger partial charge in [-0.25, -0.2) is 9.78 Å². The van der Waals surface area contributed by atoms with E-state index < -0.39 is 5.97 Å². The number of hydrogen-bond donors (Lipinski definition) is 2. The fourth-order valence-electron chi connectivity index (χ4n) is 2.27. The zero-order valence-electron chi connectivity index (χ0n) is 12.1. The molecule has 7 heteroatoms. The first-order valence-electron chi connectivity index (χ1n) is 6.97. The molecule has 0 bridgehead atoms. The molecule has 2 heterocycles. The number of anilines is 2. The monoisotopic (exact) mass is 292 g/mol. The summed E-state index contributed by atoms with van der Waals surface area (Å²) < 4.78 is 4.65. The van der Waals surface area contributed by atoms with Gasteiger partial charge >= 0.3 is 5.97 Å². The lowest BCUT2D eigenvalue weighted by Crippen LogP contribution is -2.29. The third-order valence-corrected chi connectivity index (χ3v) is 3.44. The van der Waals surface area contributed by atoms with Gasteiger partial charge in [-0.05, 0) is 18.9 Å². The number of likely N-dealkylation sites (tertiary alicyclic amines) is 1. The Labute approximate surface area is 123 Å². The van der Waals surface area contributed by atoms with E-state index in [0.717, 1.165) is 25.9 Å². The molecule has 1 aromatic rings. The average molecular weight is 292 g/mol. The van der Waals surface area contributed by atoms with Crippen molar-refractivity contribution in [3.8, 4) is 0 Å². The van der Waals surface area contributed by atoms with Gasteiger partial charge in [0.2, 0.25) is 5.91 Å². The fourth-order valence-corrected chi connectivity index (χ4v) is 2.27. The first kappa shape index (κ1) is 15.1. The summed E-state index contributed by atoms with van der Waals surface area (Å²) in [6.45, 7) is 2.17. The number of methoxy groups -OCH3 is 1. The minimum atomic E-state index is -0.508. The first-order valence-corrected chi connectivity index (χ1v) is 6.97. The maximum absolute atomic E-state index is 11.9. The molecule has 0 aliphatic carbocycles. The highest BCUT2D eigenvalue weighted by Gasteiger charge is 2.17. The van der Waals surface area contributed by atoms with Crippen LogP contribution in [0.1, 0.15) is 29.6 Å². The van der Waals surface area contributed by atoms with Gasteiger partial charge in [-0.1, -0.05) is 0 Å². The summed E-state index contributed by atoms with van der Waals surface area (Å²) in [6, 6.07) is 1.53. The smallest absolute Gasteiger partial charge is 0.340 e. The molecule has 0 unspecified atom stereocenters. The van der Waals surface area contributed by atoms with Crippen LogP contribution in [0.25, 0.3) is 0 Å². The first-order chi connectivity index (χ1) is 10.1. The summed E-state index contributed by atoms with van der Waals surface area (Å²) in [5, 5.41) is 3.02. The van der Waals surface area contributed by atoms with Crippen LogP contribution in [0.5, 0.6) is 0 Å². The van der Waals surface area contributed by atoms with Crippen molar-refractivity contribution in [1.82, 2.24) is 9.88 Å². The van der Waals surface area contributed by atoms with Gasteiger partial charge in [-0.3, -0.25) is 4.79 Å². The molecule has 114 valence electrons. The second-order valence-corrected chi connectivity index (χ2v) is 4.91. The van der Waals surface area contributed by atoms with Crippen LogP contribution in [-0.4, -0.2) is 48.5 Å². The van der Waals surface area contributed by atoms with Gasteiger partial charge in [0, 0.05) is 26.1 Å². The van der Waals surface area contributed by atoms with Crippen LogP contribution in [0.4, 0.5) is 11.5 Å². The van der Waals surface area contributed by atoms with E-state index in [4.69, 9.17) is 5.73 Å².